The van der Waals surface area contributed by atoms with Gasteiger partial charge >= 0.3 is 0 Å². The first kappa shape index (κ1) is 16.9. The number of rotatable bonds is 4. The second-order valence-corrected chi connectivity index (χ2v) is 7.42. The number of hydrogen-bond donors (Lipinski definition) is 0. The number of benzene rings is 1. The lowest BCUT2D eigenvalue weighted by atomic mass is 9.97. The van der Waals surface area contributed by atoms with Gasteiger partial charge < -0.3 is 4.74 Å². The quantitative estimate of drug-likeness (QED) is 0.659. The highest BCUT2D eigenvalue weighted by atomic mass is 32.1. The van der Waals surface area contributed by atoms with Crippen molar-refractivity contribution in [2.45, 2.75) is 32.2 Å². The molecule has 3 aromatic rings. The van der Waals surface area contributed by atoms with Crippen molar-refractivity contribution >= 4 is 27.3 Å². The average molecular weight is 372 g/mol. The molecule has 0 saturated heterocycles. The van der Waals surface area contributed by atoms with Crippen LogP contribution < -0.4 is 10.3 Å². The maximum absolute atomic E-state index is 13.8. The lowest BCUT2D eigenvalue weighted by Crippen LogP contribution is -2.25. The van der Waals surface area contributed by atoms with E-state index < -0.39 is 5.82 Å². The minimum absolute atomic E-state index is 0.0757. The Kier molecular flexibility index (Phi) is 4.32. The van der Waals surface area contributed by atoms with E-state index in [9.17, 15) is 14.0 Å². The number of nitrogens with zero attached hydrogens (tertiary/aromatic N) is 2. The Balaban J connectivity index is 1.69. The van der Waals surface area contributed by atoms with Gasteiger partial charge in [0.2, 0.25) is 0 Å². The first-order chi connectivity index (χ1) is 12.6. The van der Waals surface area contributed by atoms with Crippen molar-refractivity contribution in [3.63, 3.8) is 0 Å². The summed E-state index contributed by atoms with van der Waals surface area (Å²) < 4.78 is 20.0. The maximum atomic E-state index is 13.8. The van der Waals surface area contributed by atoms with E-state index in [4.69, 9.17) is 4.74 Å². The molecule has 5 nitrogen and oxygen atoms in total. The van der Waals surface area contributed by atoms with Crippen LogP contribution in [0.1, 0.15) is 33.6 Å². The molecule has 1 aliphatic carbocycles. The number of aromatic nitrogens is 2. The van der Waals surface area contributed by atoms with Crippen molar-refractivity contribution in [3.8, 4) is 5.75 Å². The fraction of sp³-hybridized carbons (Fsp3) is 0.316. The Morgan fingerprint density at radius 2 is 2.15 bits per heavy atom. The highest BCUT2D eigenvalue weighted by molar-refractivity contribution is 7.18. The first-order valence-corrected chi connectivity index (χ1v) is 9.26. The molecule has 0 bridgehead atoms. The number of carbonyl (C=O) groups is 1. The largest absolute Gasteiger partial charge is 0.494 e. The summed E-state index contributed by atoms with van der Waals surface area (Å²) in [4.78, 5) is 31.7. The molecule has 0 amide bonds. The summed E-state index contributed by atoms with van der Waals surface area (Å²) in [6.45, 7) is -0.168. The predicted octanol–water partition coefficient (Wildman–Crippen LogP) is 3.37. The lowest BCUT2D eigenvalue weighted by molar-refractivity contribution is 0.0970. The number of aryl methyl sites for hydroxylation is 2. The molecule has 0 radical (unpaired) electrons. The van der Waals surface area contributed by atoms with Crippen molar-refractivity contribution in [2.75, 3.05) is 7.11 Å². The van der Waals surface area contributed by atoms with Crippen molar-refractivity contribution in [1.29, 1.82) is 0 Å². The molecule has 1 aromatic carbocycles. The third-order valence-corrected chi connectivity index (χ3v) is 5.93. The number of methoxy groups -OCH3 is 1. The summed E-state index contributed by atoms with van der Waals surface area (Å²) in [6.07, 6.45) is 5.48. The van der Waals surface area contributed by atoms with Crippen molar-refractivity contribution in [2.24, 2.45) is 0 Å². The third-order valence-electron chi connectivity index (χ3n) is 4.73. The molecule has 0 fully saturated rings. The highest BCUT2D eigenvalue weighted by Gasteiger charge is 2.21. The van der Waals surface area contributed by atoms with E-state index in [1.165, 1.54) is 35.0 Å². The molecule has 7 heteroatoms. The van der Waals surface area contributed by atoms with E-state index >= 15 is 0 Å². The van der Waals surface area contributed by atoms with Crippen LogP contribution in [0.3, 0.4) is 0 Å². The Hall–Kier alpha value is -2.54. The Morgan fingerprint density at radius 1 is 1.35 bits per heavy atom. The van der Waals surface area contributed by atoms with E-state index in [1.807, 2.05) is 0 Å². The Morgan fingerprint density at radius 3 is 2.92 bits per heavy atom. The van der Waals surface area contributed by atoms with Gasteiger partial charge in [0.15, 0.2) is 17.3 Å². The SMILES string of the molecule is COc1ccc(C(=O)Cn2cnc3sc4c(c3c2=O)CCCC4)cc1F. The van der Waals surface area contributed by atoms with E-state index in [2.05, 4.69) is 4.98 Å². The highest BCUT2D eigenvalue weighted by Crippen LogP contribution is 2.33. The topological polar surface area (TPSA) is 61.2 Å². The predicted molar refractivity (Wildman–Crippen MR) is 97.8 cm³/mol. The molecule has 0 atom stereocenters. The molecular weight excluding hydrogens is 355 g/mol. The molecule has 2 aromatic heterocycles. The normalized spacial score (nSPS) is 13.6. The zero-order chi connectivity index (χ0) is 18.3. The van der Waals surface area contributed by atoms with Crippen LogP contribution in [0.4, 0.5) is 4.39 Å². The molecule has 0 aliphatic heterocycles. The van der Waals surface area contributed by atoms with Crippen LogP contribution >= 0.6 is 11.3 Å². The molecule has 1 aliphatic rings. The number of ketones is 1. The van der Waals surface area contributed by atoms with E-state index in [0.29, 0.717) is 5.39 Å². The van der Waals surface area contributed by atoms with Gasteiger partial charge in [-0.3, -0.25) is 14.2 Å². The summed E-state index contributed by atoms with van der Waals surface area (Å²) in [6, 6.07) is 4.03. The van der Waals surface area contributed by atoms with Gasteiger partial charge in [0.05, 0.1) is 25.4 Å². The minimum Gasteiger partial charge on any atom is -0.494 e. The van der Waals surface area contributed by atoms with Crippen LogP contribution in [0.5, 0.6) is 5.75 Å². The molecule has 0 N–H and O–H groups in total. The van der Waals surface area contributed by atoms with Crippen molar-refractivity contribution < 1.29 is 13.9 Å². The zero-order valence-corrected chi connectivity index (χ0v) is 15.1. The van der Waals surface area contributed by atoms with Crippen LogP contribution in [-0.4, -0.2) is 22.4 Å². The molecule has 134 valence electrons. The van der Waals surface area contributed by atoms with Gasteiger partial charge in [0.1, 0.15) is 4.83 Å². The van der Waals surface area contributed by atoms with Crippen LogP contribution in [-0.2, 0) is 19.4 Å². The maximum Gasteiger partial charge on any atom is 0.262 e. The van der Waals surface area contributed by atoms with Gasteiger partial charge in [-0.2, -0.15) is 0 Å². The summed E-state index contributed by atoms with van der Waals surface area (Å²) >= 11 is 1.57. The number of thiophene rings is 1. The molecule has 0 unspecified atom stereocenters. The molecule has 0 spiro atoms. The molecule has 2 heterocycles. The van der Waals surface area contributed by atoms with Gasteiger partial charge in [-0.25, -0.2) is 9.37 Å². The van der Waals surface area contributed by atoms with Crippen LogP contribution in [0.2, 0.25) is 0 Å². The lowest BCUT2D eigenvalue weighted by Gasteiger charge is -2.10. The van der Waals surface area contributed by atoms with Crippen LogP contribution in [0.25, 0.3) is 10.2 Å². The van der Waals surface area contributed by atoms with Gasteiger partial charge in [-0.05, 0) is 49.4 Å². The summed E-state index contributed by atoms with van der Waals surface area (Å²) in [7, 11) is 1.36. The van der Waals surface area contributed by atoms with E-state index in [-0.39, 0.29) is 29.2 Å². The zero-order valence-electron chi connectivity index (χ0n) is 14.3. The minimum atomic E-state index is -0.605. The number of carbonyl (C=O) groups excluding carboxylic acids is 1. The number of hydrogen-bond acceptors (Lipinski definition) is 5. The summed E-state index contributed by atoms with van der Waals surface area (Å²) in [5.41, 5.74) is 1.09. The summed E-state index contributed by atoms with van der Waals surface area (Å²) in [5, 5.41) is 0.640. The van der Waals surface area contributed by atoms with Crippen LogP contribution in [0.15, 0.2) is 29.3 Å². The number of halogens is 1. The third kappa shape index (κ3) is 2.82. The number of fused-ring (bicyclic) bond motifs is 3. The fourth-order valence-electron chi connectivity index (χ4n) is 3.38. The first-order valence-electron chi connectivity index (χ1n) is 8.45. The standard InChI is InChI=1S/C19H17FN2O3S/c1-25-15-7-6-11(8-13(15)20)14(23)9-22-10-21-18-17(19(22)24)12-4-2-3-5-16(12)26-18/h6-8,10H,2-5,9H2,1H3. The number of ether oxygens (including phenoxy) is 1. The van der Waals surface area contributed by atoms with Crippen LogP contribution in [0, 0.1) is 5.82 Å². The molecule has 4 rings (SSSR count). The van der Waals surface area contributed by atoms with E-state index in [0.717, 1.165) is 42.1 Å². The monoisotopic (exact) mass is 372 g/mol. The average Bonchev–Trinajstić information content (AvgIpc) is 3.03. The Labute approximate surface area is 153 Å². The molecule has 0 saturated carbocycles. The second kappa shape index (κ2) is 6.64. The molecular formula is C19H17FN2O3S. The molecule has 26 heavy (non-hydrogen) atoms. The summed E-state index contributed by atoms with van der Waals surface area (Å²) in [5.74, 6) is -0.878. The van der Waals surface area contributed by atoms with E-state index in [1.54, 1.807) is 11.3 Å². The van der Waals surface area contributed by atoms with Crippen molar-refractivity contribution in [3.05, 3.63) is 56.7 Å². The smallest absolute Gasteiger partial charge is 0.262 e. The Bertz CT molecular complexity index is 1070. The van der Waals surface area contributed by atoms with Gasteiger partial charge in [-0.15, -0.1) is 11.3 Å². The van der Waals surface area contributed by atoms with Gasteiger partial charge in [0.25, 0.3) is 5.56 Å². The second-order valence-electron chi connectivity index (χ2n) is 6.34. The number of Topliss-reactive ketones (excluding diaryl/α,β-unsaturated/α-hetero) is 1. The van der Waals surface area contributed by atoms with Crippen molar-refractivity contribution in [1.82, 2.24) is 9.55 Å². The fourth-order valence-corrected chi connectivity index (χ4v) is 4.60. The van der Waals surface area contributed by atoms with Gasteiger partial charge in [0, 0.05) is 10.4 Å². The van der Waals surface area contributed by atoms with Gasteiger partial charge in [-0.1, -0.05) is 0 Å².